The van der Waals surface area contributed by atoms with Gasteiger partial charge >= 0.3 is 18.2 Å². The number of nitrogens with two attached hydrogens (primary N) is 1. The van der Waals surface area contributed by atoms with E-state index in [1.165, 1.54) is 23.9 Å². The molecule has 4 heterocycles. The normalized spacial score (nSPS) is 24.8. The third kappa shape index (κ3) is 4.69. The first kappa shape index (κ1) is 26.3. The highest BCUT2D eigenvalue weighted by Gasteiger charge is 2.53. The Bertz CT molecular complexity index is 1100. The number of rotatable bonds is 7. The average molecular weight is 534 g/mol. The van der Waals surface area contributed by atoms with E-state index in [9.17, 15) is 29.1 Å². The smallest absolute Gasteiger partial charge is 0.429 e. The van der Waals surface area contributed by atoms with Crippen molar-refractivity contribution in [3.63, 3.8) is 0 Å². The summed E-state index contributed by atoms with van der Waals surface area (Å²) in [5.41, 5.74) is 6.64. The molecule has 0 radical (unpaired) electrons. The highest BCUT2D eigenvalue weighted by atomic mass is 32.2. The molecule has 4 amide bonds. The fourth-order valence-corrected chi connectivity index (χ4v) is 6.10. The number of carbonyl (C=O) groups is 5. The lowest BCUT2D eigenvalue weighted by molar-refractivity contribution is -0.147. The van der Waals surface area contributed by atoms with Gasteiger partial charge in [0.15, 0.2) is 0 Å². The Morgan fingerprint density at radius 3 is 2.19 bits per heavy atom. The Hall–Kier alpha value is -3.78. The van der Waals surface area contributed by atoms with Gasteiger partial charge in [-0.25, -0.2) is 24.4 Å². The predicted octanol–water partition coefficient (Wildman–Crippen LogP) is 0.178. The Morgan fingerprint density at radius 2 is 1.70 bits per heavy atom. The maximum atomic E-state index is 12.8. The van der Waals surface area contributed by atoms with Gasteiger partial charge in [0.1, 0.15) is 30.3 Å². The van der Waals surface area contributed by atoms with Crippen molar-refractivity contribution < 1.29 is 38.6 Å². The largest absolute Gasteiger partial charge is 0.477 e. The van der Waals surface area contributed by atoms with Crippen LogP contribution in [0, 0.1) is 5.92 Å². The zero-order valence-electron chi connectivity index (χ0n) is 19.9. The summed E-state index contributed by atoms with van der Waals surface area (Å²) in [6, 6.07) is -0.816. The van der Waals surface area contributed by atoms with Crippen LogP contribution in [0.25, 0.3) is 0 Å². The molecule has 4 N–H and O–H groups in total. The topological polar surface area (TPSA) is 172 Å². The lowest BCUT2D eigenvalue weighted by atomic mass is 9.86. The van der Waals surface area contributed by atoms with Crippen molar-refractivity contribution in [3.8, 4) is 0 Å². The average Bonchev–Trinajstić information content (AvgIpc) is 3.52. The number of nitrogens with zero attached hydrogens (tertiary/aromatic N) is 3. The van der Waals surface area contributed by atoms with E-state index in [1.54, 1.807) is 0 Å². The molecular formula is C23H27N5O8S. The Labute approximate surface area is 216 Å². The van der Waals surface area contributed by atoms with Crippen LogP contribution in [0.1, 0.15) is 6.42 Å². The molecule has 3 saturated heterocycles. The number of hydrazine groups is 1. The maximum Gasteiger partial charge on any atom is 0.429 e. The Morgan fingerprint density at radius 1 is 1.11 bits per heavy atom. The predicted molar refractivity (Wildman–Crippen MR) is 130 cm³/mol. The van der Waals surface area contributed by atoms with Crippen LogP contribution in [0.4, 0.5) is 9.59 Å². The number of thioether (sulfide) groups is 1. The van der Waals surface area contributed by atoms with Crippen LogP contribution >= 0.6 is 11.8 Å². The van der Waals surface area contributed by atoms with Crippen molar-refractivity contribution in [2.75, 3.05) is 38.6 Å². The molecule has 0 aliphatic carbocycles. The molecule has 14 heteroatoms. The molecule has 4 rings (SSSR count). The van der Waals surface area contributed by atoms with Crippen molar-refractivity contribution in [1.82, 2.24) is 20.2 Å². The second-order valence-electron chi connectivity index (χ2n) is 8.56. The second-order valence-corrected chi connectivity index (χ2v) is 9.66. The summed E-state index contributed by atoms with van der Waals surface area (Å²) in [4.78, 5) is 64.4. The van der Waals surface area contributed by atoms with Crippen molar-refractivity contribution in [2.24, 2.45) is 11.7 Å². The molecule has 0 spiro atoms. The molecule has 4 aliphatic rings. The standard InChI is InChI=1S/C23H27N5O8S/c1-3-7-35-22(33)26-9-12(10-27(26)23(34)36-8-4-2)15(13-5-6-25-18(13)29)14-11-37-20-16(24)19(30)28(20)17(14)21(31)32/h3-4,12,16,20H,1-2,5-11,24H2,(H,25,29)(H,31,32)/t16-,20-/m1/s1. The Balaban J connectivity index is 1.78. The van der Waals surface area contributed by atoms with Gasteiger partial charge in [-0.05, 0) is 17.6 Å². The van der Waals surface area contributed by atoms with E-state index in [0.717, 1.165) is 14.9 Å². The number of nitrogens with one attached hydrogen (secondary N) is 1. The van der Waals surface area contributed by atoms with E-state index >= 15 is 0 Å². The van der Waals surface area contributed by atoms with Crippen LogP contribution in [0.2, 0.25) is 0 Å². The van der Waals surface area contributed by atoms with Crippen LogP contribution in [0.3, 0.4) is 0 Å². The first-order chi connectivity index (χ1) is 17.7. The summed E-state index contributed by atoms with van der Waals surface area (Å²) in [6.45, 7) is 6.97. The van der Waals surface area contributed by atoms with E-state index < -0.39 is 41.4 Å². The number of hydrogen-bond acceptors (Lipinski definition) is 9. The summed E-state index contributed by atoms with van der Waals surface area (Å²) < 4.78 is 10.3. The minimum Gasteiger partial charge on any atom is -0.477 e. The summed E-state index contributed by atoms with van der Waals surface area (Å²) in [7, 11) is 0. The molecule has 0 aromatic rings. The summed E-state index contributed by atoms with van der Waals surface area (Å²) in [5.74, 6) is -2.73. The first-order valence-corrected chi connectivity index (χ1v) is 12.5. The molecule has 0 saturated carbocycles. The third-order valence-electron chi connectivity index (χ3n) is 6.35. The van der Waals surface area contributed by atoms with Crippen LogP contribution in [-0.4, -0.2) is 100 Å². The maximum absolute atomic E-state index is 12.8. The fraction of sp³-hybridized carbons (Fsp3) is 0.435. The summed E-state index contributed by atoms with van der Waals surface area (Å²) in [5, 5.41) is 14.4. The number of aliphatic carboxylic acids is 1. The molecule has 2 atom stereocenters. The lowest BCUT2D eigenvalue weighted by Gasteiger charge is -2.48. The van der Waals surface area contributed by atoms with Gasteiger partial charge in [-0.15, -0.1) is 11.8 Å². The fourth-order valence-electron chi connectivity index (χ4n) is 4.79. The highest BCUT2D eigenvalue weighted by molar-refractivity contribution is 8.00. The monoisotopic (exact) mass is 533 g/mol. The third-order valence-corrected chi connectivity index (χ3v) is 7.65. The van der Waals surface area contributed by atoms with Gasteiger partial charge in [-0.2, -0.15) is 0 Å². The molecule has 37 heavy (non-hydrogen) atoms. The van der Waals surface area contributed by atoms with Crippen LogP contribution in [0.5, 0.6) is 0 Å². The molecule has 0 aromatic carbocycles. The van der Waals surface area contributed by atoms with Gasteiger partial charge < -0.3 is 25.6 Å². The lowest BCUT2D eigenvalue weighted by Crippen LogP contribution is -2.68. The minimum atomic E-state index is -1.33. The number of carboxylic acids is 1. The zero-order valence-corrected chi connectivity index (χ0v) is 20.7. The van der Waals surface area contributed by atoms with Gasteiger partial charge in [0.2, 0.25) is 11.8 Å². The first-order valence-electron chi connectivity index (χ1n) is 11.5. The van der Waals surface area contributed by atoms with E-state index in [2.05, 4.69) is 18.5 Å². The van der Waals surface area contributed by atoms with E-state index in [0.29, 0.717) is 24.1 Å². The van der Waals surface area contributed by atoms with E-state index in [1.807, 2.05) is 0 Å². The van der Waals surface area contributed by atoms with Crippen molar-refractivity contribution >= 4 is 41.7 Å². The molecule has 198 valence electrons. The highest BCUT2D eigenvalue weighted by Crippen LogP contribution is 2.45. The molecule has 0 aromatic heterocycles. The molecule has 4 aliphatic heterocycles. The zero-order chi connectivity index (χ0) is 26.9. The number of fused-ring (bicyclic) bond motifs is 1. The van der Waals surface area contributed by atoms with E-state index in [-0.39, 0.29) is 49.2 Å². The quantitative estimate of drug-likeness (QED) is 0.233. The number of ether oxygens (including phenoxy) is 2. The van der Waals surface area contributed by atoms with Crippen molar-refractivity contribution in [2.45, 2.75) is 17.8 Å². The number of β-lactam (4-membered cyclic amide) rings is 1. The molecule has 0 unspecified atom stereocenters. The van der Waals surface area contributed by atoms with Crippen molar-refractivity contribution in [1.29, 1.82) is 0 Å². The van der Waals surface area contributed by atoms with Gasteiger partial charge in [0, 0.05) is 23.8 Å². The second kappa shape index (κ2) is 10.7. The van der Waals surface area contributed by atoms with Gasteiger partial charge in [0.25, 0.3) is 0 Å². The van der Waals surface area contributed by atoms with Crippen LogP contribution < -0.4 is 11.1 Å². The van der Waals surface area contributed by atoms with Crippen molar-refractivity contribution in [3.05, 3.63) is 47.7 Å². The molecule has 13 nitrogen and oxygen atoms in total. The number of amides is 4. The SMILES string of the molecule is C=CCOC(=O)N1CC(C(=C2CCNC2=O)C2=C(C(=O)O)N3C(=O)[C@@H](N)[C@H]3SC2)CN1C(=O)OCC=C. The Kier molecular flexibility index (Phi) is 7.59. The minimum absolute atomic E-state index is 0.0940. The van der Waals surface area contributed by atoms with Gasteiger partial charge in [-0.1, -0.05) is 25.3 Å². The van der Waals surface area contributed by atoms with E-state index in [4.69, 9.17) is 15.2 Å². The molecule has 3 fully saturated rings. The van der Waals surface area contributed by atoms with Crippen LogP contribution in [0.15, 0.2) is 47.7 Å². The molecule has 0 bridgehead atoms. The molecular weight excluding hydrogens is 506 g/mol. The number of hydrogen-bond donors (Lipinski definition) is 3. The van der Waals surface area contributed by atoms with Gasteiger partial charge in [-0.3, -0.25) is 14.5 Å². The number of carbonyl (C=O) groups excluding carboxylic acids is 4. The van der Waals surface area contributed by atoms with Crippen LogP contribution in [-0.2, 0) is 23.9 Å². The summed E-state index contributed by atoms with van der Waals surface area (Å²) in [6.07, 6.45) is 1.37. The number of carboxylic acid groups (broad SMARTS) is 1. The summed E-state index contributed by atoms with van der Waals surface area (Å²) >= 11 is 1.30. The van der Waals surface area contributed by atoms with Gasteiger partial charge in [0.05, 0.1) is 13.1 Å².